The predicted molar refractivity (Wildman–Crippen MR) is 70.1 cm³/mol. The maximum Gasteiger partial charge on any atom is 0.270 e. The molecule has 6 heteroatoms. The van der Waals surface area contributed by atoms with Crippen LogP contribution in [0.3, 0.4) is 0 Å². The first-order chi connectivity index (χ1) is 9.06. The average molecular weight is 259 g/mol. The standard InChI is InChI=1S/C13H13N3O3/c1-3-15-7-10(8-17)13(14-15)12-6-11(16(18)19)5-4-9(12)2/h4-8H,3H2,1-2H3. The lowest BCUT2D eigenvalue weighted by Gasteiger charge is -2.03. The molecule has 0 radical (unpaired) electrons. The third kappa shape index (κ3) is 2.37. The third-order valence-corrected chi connectivity index (χ3v) is 2.93. The van der Waals surface area contributed by atoms with Crippen molar-refractivity contribution < 1.29 is 9.72 Å². The van der Waals surface area contributed by atoms with Gasteiger partial charge in [0.25, 0.3) is 5.69 Å². The lowest BCUT2D eigenvalue weighted by Crippen LogP contribution is -1.95. The fraction of sp³-hybridized carbons (Fsp3) is 0.231. The van der Waals surface area contributed by atoms with Crippen LogP contribution < -0.4 is 0 Å². The minimum Gasteiger partial charge on any atom is -0.298 e. The molecular weight excluding hydrogens is 246 g/mol. The maximum absolute atomic E-state index is 11.1. The Morgan fingerprint density at radius 1 is 1.47 bits per heavy atom. The van der Waals surface area contributed by atoms with Crippen LogP contribution in [0.1, 0.15) is 22.8 Å². The summed E-state index contributed by atoms with van der Waals surface area (Å²) >= 11 is 0. The summed E-state index contributed by atoms with van der Waals surface area (Å²) in [6, 6.07) is 4.55. The van der Waals surface area contributed by atoms with Gasteiger partial charge in [-0.25, -0.2) is 0 Å². The molecule has 0 fully saturated rings. The molecule has 0 spiro atoms. The molecule has 0 atom stereocenters. The molecule has 6 nitrogen and oxygen atoms in total. The minimum atomic E-state index is -0.458. The van der Waals surface area contributed by atoms with E-state index < -0.39 is 4.92 Å². The quantitative estimate of drug-likeness (QED) is 0.480. The molecular formula is C13H13N3O3. The molecule has 0 bridgehead atoms. The number of aryl methyl sites for hydroxylation is 2. The summed E-state index contributed by atoms with van der Waals surface area (Å²) in [5.74, 6) is 0. The van der Waals surface area contributed by atoms with Crippen LogP contribution in [0.25, 0.3) is 11.3 Å². The highest BCUT2D eigenvalue weighted by molar-refractivity contribution is 5.86. The summed E-state index contributed by atoms with van der Waals surface area (Å²) < 4.78 is 1.64. The molecule has 98 valence electrons. The van der Waals surface area contributed by atoms with Gasteiger partial charge in [0.2, 0.25) is 0 Å². The van der Waals surface area contributed by atoms with E-state index in [4.69, 9.17) is 0 Å². The number of aromatic nitrogens is 2. The first-order valence-electron chi connectivity index (χ1n) is 5.84. The molecule has 2 rings (SSSR count). The number of carbonyl (C=O) groups excluding carboxylic acids is 1. The Kier molecular flexibility index (Phi) is 3.41. The molecule has 0 aliphatic carbocycles. The van der Waals surface area contributed by atoms with Crippen LogP contribution in [0.2, 0.25) is 0 Å². The van der Waals surface area contributed by atoms with Crippen LogP contribution in [-0.4, -0.2) is 21.0 Å². The number of nitro groups is 1. The van der Waals surface area contributed by atoms with Crippen LogP contribution in [0, 0.1) is 17.0 Å². The van der Waals surface area contributed by atoms with Crippen molar-refractivity contribution in [2.45, 2.75) is 20.4 Å². The van der Waals surface area contributed by atoms with Gasteiger partial charge in [0.05, 0.1) is 10.5 Å². The van der Waals surface area contributed by atoms with E-state index >= 15 is 0 Å². The van der Waals surface area contributed by atoms with Crippen LogP contribution in [-0.2, 0) is 6.54 Å². The lowest BCUT2D eigenvalue weighted by atomic mass is 10.0. The molecule has 0 aliphatic heterocycles. The third-order valence-electron chi connectivity index (χ3n) is 2.93. The van der Waals surface area contributed by atoms with E-state index in [1.54, 1.807) is 16.9 Å². The van der Waals surface area contributed by atoms with Crippen LogP contribution in [0.5, 0.6) is 0 Å². The van der Waals surface area contributed by atoms with E-state index in [0.29, 0.717) is 29.7 Å². The zero-order chi connectivity index (χ0) is 14.0. The van der Waals surface area contributed by atoms with Crippen molar-refractivity contribution >= 4 is 12.0 Å². The van der Waals surface area contributed by atoms with Crippen molar-refractivity contribution in [3.05, 3.63) is 45.6 Å². The zero-order valence-electron chi connectivity index (χ0n) is 10.7. The summed E-state index contributed by atoms with van der Waals surface area (Å²) in [5.41, 5.74) is 2.37. The molecule has 0 N–H and O–H groups in total. The molecule has 1 aromatic heterocycles. The normalized spacial score (nSPS) is 10.4. The molecule has 2 aromatic rings. The van der Waals surface area contributed by atoms with Crippen molar-refractivity contribution in [3.63, 3.8) is 0 Å². The van der Waals surface area contributed by atoms with Gasteiger partial charge in [-0.15, -0.1) is 0 Å². The Labute approximate surface area is 109 Å². The first-order valence-corrected chi connectivity index (χ1v) is 5.84. The number of rotatable bonds is 4. The van der Waals surface area contributed by atoms with Gasteiger partial charge in [0, 0.05) is 30.4 Å². The van der Waals surface area contributed by atoms with Crippen LogP contribution in [0.4, 0.5) is 5.69 Å². The van der Waals surface area contributed by atoms with Crippen molar-refractivity contribution in [1.29, 1.82) is 0 Å². The summed E-state index contributed by atoms with van der Waals surface area (Å²) in [7, 11) is 0. The van der Waals surface area contributed by atoms with Gasteiger partial charge >= 0.3 is 0 Å². The number of hydrogen-bond acceptors (Lipinski definition) is 4. The topological polar surface area (TPSA) is 78.0 Å². The van der Waals surface area contributed by atoms with Gasteiger partial charge < -0.3 is 0 Å². The van der Waals surface area contributed by atoms with Crippen molar-refractivity contribution in [2.75, 3.05) is 0 Å². The second-order valence-corrected chi connectivity index (χ2v) is 4.16. The van der Waals surface area contributed by atoms with E-state index in [9.17, 15) is 14.9 Å². The van der Waals surface area contributed by atoms with E-state index in [1.807, 2.05) is 13.8 Å². The molecule has 0 aliphatic rings. The smallest absolute Gasteiger partial charge is 0.270 e. The molecule has 1 heterocycles. The van der Waals surface area contributed by atoms with Gasteiger partial charge in [-0.3, -0.25) is 19.6 Å². The minimum absolute atomic E-state index is 0.0107. The molecule has 0 saturated carbocycles. The second-order valence-electron chi connectivity index (χ2n) is 4.16. The maximum atomic E-state index is 11.1. The van der Waals surface area contributed by atoms with Gasteiger partial charge in [-0.2, -0.15) is 5.10 Å². The Hall–Kier alpha value is -2.50. The highest BCUT2D eigenvalue weighted by atomic mass is 16.6. The summed E-state index contributed by atoms with van der Waals surface area (Å²) in [5, 5.41) is 15.1. The first kappa shape index (κ1) is 12.9. The SMILES string of the molecule is CCn1cc(C=O)c(-c2cc([N+](=O)[O-])ccc2C)n1. The lowest BCUT2D eigenvalue weighted by molar-refractivity contribution is -0.384. The Morgan fingerprint density at radius 3 is 2.79 bits per heavy atom. The van der Waals surface area contributed by atoms with Crippen molar-refractivity contribution in [3.8, 4) is 11.3 Å². The van der Waals surface area contributed by atoms with E-state index in [-0.39, 0.29) is 5.69 Å². The largest absolute Gasteiger partial charge is 0.298 e. The number of nitro benzene ring substituents is 1. The molecule has 19 heavy (non-hydrogen) atoms. The number of hydrogen-bond donors (Lipinski definition) is 0. The van der Waals surface area contributed by atoms with Crippen LogP contribution >= 0.6 is 0 Å². The summed E-state index contributed by atoms with van der Waals surface area (Å²) in [6.45, 7) is 4.37. The number of nitrogens with zero attached hydrogens (tertiary/aromatic N) is 3. The molecule has 0 unspecified atom stereocenters. The van der Waals surface area contributed by atoms with Gasteiger partial charge in [0.15, 0.2) is 6.29 Å². The molecule has 1 aromatic carbocycles. The highest BCUT2D eigenvalue weighted by Crippen LogP contribution is 2.28. The second kappa shape index (κ2) is 5.01. The monoisotopic (exact) mass is 259 g/mol. The van der Waals surface area contributed by atoms with Gasteiger partial charge in [-0.1, -0.05) is 6.07 Å². The summed E-state index contributed by atoms with van der Waals surface area (Å²) in [6.07, 6.45) is 2.35. The van der Waals surface area contributed by atoms with Crippen LogP contribution in [0.15, 0.2) is 24.4 Å². The predicted octanol–water partition coefficient (Wildman–Crippen LogP) is 2.60. The highest BCUT2D eigenvalue weighted by Gasteiger charge is 2.16. The fourth-order valence-electron chi connectivity index (χ4n) is 1.87. The number of aldehydes is 1. The number of carbonyl (C=O) groups is 1. The Bertz CT molecular complexity index is 647. The molecule has 0 saturated heterocycles. The Morgan fingerprint density at radius 2 is 2.21 bits per heavy atom. The zero-order valence-corrected chi connectivity index (χ0v) is 10.7. The fourth-order valence-corrected chi connectivity index (χ4v) is 1.87. The number of non-ortho nitro benzene ring substituents is 1. The Balaban J connectivity index is 2.63. The summed E-state index contributed by atoms with van der Waals surface area (Å²) in [4.78, 5) is 21.4. The van der Waals surface area contributed by atoms with E-state index in [2.05, 4.69) is 5.10 Å². The van der Waals surface area contributed by atoms with Crippen molar-refractivity contribution in [2.24, 2.45) is 0 Å². The molecule has 0 amide bonds. The average Bonchev–Trinajstić information content (AvgIpc) is 2.82. The van der Waals surface area contributed by atoms with E-state index in [0.717, 1.165) is 5.56 Å². The number of benzene rings is 1. The van der Waals surface area contributed by atoms with Crippen molar-refractivity contribution in [1.82, 2.24) is 9.78 Å². The van der Waals surface area contributed by atoms with Gasteiger partial charge in [-0.05, 0) is 19.4 Å². The van der Waals surface area contributed by atoms with E-state index in [1.165, 1.54) is 12.1 Å². The van der Waals surface area contributed by atoms with Gasteiger partial charge in [0.1, 0.15) is 5.69 Å².